The summed E-state index contributed by atoms with van der Waals surface area (Å²) in [6.07, 6.45) is 0. The third-order valence-corrected chi connectivity index (χ3v) is 5.70. The van der Waals surface area contributed by atoms with Crippen LogP contribution >= 0.6 is 44.2 Å². The highest BCUT2D eigenvalue weighted by Gasteiger charge is 2.08. The van der Waals surface area contributed by atoms with Gasteiger partial charge in [-0.2, -0.15) is 0 Å². The van der Waals surface area contributed by atoms with E-state index in [1.165, 1.54) is 9.75 Å². The van der Waals surface area contributed by atoms with Crippen molar-refractivity contribution in [3.63, 3.8) is 0 Å². The Kier molecular flexibility index (Phi) is 2.60. The summed E-state index contributed by atoms with van der Waals surface area (Å²) in [4.78, 5) is 6.93. The van der Waals surface area contributed by atoms with Crippen molar-refractivity contribution in [1.82, 2.24) is 4.98 Å². The topological polar surface area (TPSA) is 12.9 Å². The SMILES string of the molecule is Cc1nc(C)c(-c2cc(=S)ss2)s1. The molecule has 2 rings (SSSR count). The number of hydrogen-bond donors (Lipinski definition) is 0. The third-order valence-electron chi connectivity index (χ3n) is 1.59. The number of hydrogen-bond acceptors (Lipinski definition) is 5. The molecule has 0 unspecified atom stereocenters. The molecule has 0 N–H and O–H groups in total. The van der Waals surface area contributed by atoms with Crippen LogP contribution in [-0.2, 0) is 0 Å². The minimum atomic E-state index is 0.963. The molecule has 5 heteroatoms. The summed E-state index contributed by atoms with van der Waals surface area (Å²) in [5, 5.41) is 1.12. The van der Waals surface area contributed by atoms with Crippen molar-refractivity contribution in [3.05, 3.63) is 20.6 Å². The van der Waals surface area contributed by atoms with Crippen LogP contribution in [0.4, 0.5) is 0 Å². The van der Waals surface area contributed by atoms with Gasteiger partial charge in [0.15, 0.2) is 0 Å². The molecule has 0 aliphatic heterocycles. The van der Waals surface area contributed by atoms with Gasteiger partial charge in [-0.25, -0.2) is 4.98 Å². The fraction of sp³-hybridized carbons (Fsp3) is 0.250. The Morgan fingerprint density at radius 2 is 2.08 bits per heavy atom. The van der Waals surface area contributed by atoms with Gasteiger partial charge in [0.25, 0.3) is 0 Å². The summed E-state index contributed by atoms with van der Waals surface area (Å²) in [6, 6.07) is 2.06. The summed E-state index contributed by atoms with van der Waals surface area (Å²) in [5.74, 6) is 0. The summed E-state index contributed by atoms with van der Waals surface area (Å²) < 4.78 is 0.963. The van der Waals surface area contributed by atoms with E-state index in [1.807, 2.05) is 13.8 Å². The molecule has 2 aromatic rings. The van der Waals surface area contributed by atoms with E-state index in [1.54, 1.807) is 32.0 Å². The molecule has 0 saturated heterocycles. The Morgan fingerprint density at radius 1 is 1.31 bits per heavy atom. The first-order valence-corrected chi connectivity index (χ1v) is 7.09. The molecule has 0 bridgehead atoms. The number of thiazole rings is 1. The highest BCUT2D eigenvalue weighted by Crippen LogP contribution is 2.35. The molecule has 0 aliphatic rings. The lowest BCUT2D eigenvalue weighted by Gasteiger charge is -1.88. The van der Waals surface area contributed by atoms with Crippen LogP contribution in [0, 0.1) is 17.7 Å². The molecule has 0 aliphatic carbocycles. The predicted molar refractivity (Wildman–Crippen MR) is 63.6 cm³/mol. The van der Waals surface area contributed by atoms with Crippen molar-refractivity contribution < 1.29 is 0 Å². The summed E-state index contributed by atoms with van der Waals surface area (Å²) in [6.45, 7) is 4.08. The van der Waals surface area contributed by atoms with Gasteiger partial charge in [-0.05, 0) is 19.9 Å². The van der Waals surface area contributed by atoms with Crippen LogP contribution in [0.3, 0.4) is 0 Å². The monoisotopic (exact) mass is 245 g/mol. The van der Waals surface area contributed by atoms with E-state index in [2.05, 4.69) is 11.1 Å². The van der Waals surface area contributed by atoms with Crippen molar-refractivity contribution in [3.8, 4) is 9.75 Å². The van der Waals surface area contributed by atoms with E-state index in [9.17, 15) is 0 Å². The average Bonchev–Trinajstić information content (AvgIpc) is 2.58. The number of aromatic nitrogens is 1. The Hall–Kier alpha value is -0.100. The maximum Gasteiger partial charge on any atom is 0.102 e. The van der Waals surface area contributed by atoms with Gasteiger partial charge in [0, 0.05) is 0 Å². The van der Waals surface area contributed by atoms with Gasteiger partial charge in [0.05, 0.1) is 20.5 Å². The lowest BCUT2D eigenvalue weighted by molar-refractivity contribution is 1.20. The molecular weight excluding hydrogens is 238 g/mol. The van der Waals surface area contributed by atoms with Gasteiger partial charge in [-0.3, -0.25) is 0 Å². The minimum absolute atomic E-state index is 0.963. The van der Waals surface area contributed by atoms with Crippen molar-refractivity contribution in [2.24, 2.45) is 0 Å². The van der Waals surface area contributed by atoms with Crippen molar-refractivity contribution in [2.75, 3.05) is 0 Å². The summed E-state index contributed by atoms with van der Waals surface area (Å²) >= 11 is 6.84. The zero-order chi connectivity index (χ0) is 9.42. The van der Waals surface area contributed by atoms with Crippen LogP contribution in [0.5, 0.6) is 0 Å². The fourth-order valence-corrected chi connectivity index (χ4v) is 4.70. The quantitative estimate of drug-likeness (QED) is 0.549. The Bertz CT molecular complexity index is 476. The molecule has 0 amide bonds. The first-order valence-electron chi connectivity index (χ1n) is 3.71. The molecule has 0 radical (unpaired) electrons. The third kappa shape index (κ3) is 1.88. The molecule has 0 saturated carbocycles. The molecule has 2 aromatic heterocycles. The van der Waals surface area contributed by atoms with Crippen molar-refractivity contribution in [1.29, 1.82) is 0 Å². The van der Waals surface area contributed by atoms with Crippen molar-refractivity contribution >= 4 is 44.2 Å². The lowest BCUT2D eigenvalue weighted by Crippen LogP contribution is -1.72. The summed E-state index contributed by atoms with van der Waals surface area (Å²) in [5.41, 5.74) is 1.12. The zero-order valence-corrected chi connectivity index (χ0v) is 10.4. The van der Waals surface area contributed by atoms with E-state index in [4.69, 9.17) is 12.2 Å². The predicted octanol–water partition coefficient (Wildman–Crippen LogP) is 4.28. The van der Waals surface area contributed by atoms with E-state index >= 15 is 0 Å². The number of aryl methyl sites for hydroxylation is 2. The minimum Gasteiger partial charge on any atom is -0.246 e. The van der Waals surface area contributed by atoms with Gasteiger partial charge in [0.1, 0.15) is 3.82 Å². The molecule has 0 fully saturated rings. The highest BCUT2D eigenvalue weighted by molar-refractivity contribution is 7.80. The van der Waals surface area contributed by atoms with Crippen LogP contribution in [0.25, 0.3) is 9.75 Å². The van der Waals surface area contributed by atoms with E-state index in [0.717, 1.165) is 14.5 Å². The van der Waals surface area contributed by atoms with Gasteiger partial charge in [-0.15, -0.1) is 11.3 Å². The van der Waals surface area contributed by atoms with E-state index in [-0.39, 0.29) is 0 Å². The summed E-state index contributed by atoms with van der Waals surface area (Å²) in [7, 11) is 3.39. The molecular formula is C8H7NS4. The smallest absolute Gasteiger partial charge is 0.102 e. The standard InChI is InChI=1S/C8H7NS4/c1-4-8(11-5(2)9-4)6-3-7(10)13-12-6/h3H,1-2H3. The lowest BCUT2D eigenvalue weighted by atomic mass is 10.3. The second kappa shape index (κ2) is 3.57. The molecule has 2 heterocycles. The average molecular weight is 245 g/mol. The molecule has 0 aromatic carbocycles. The largest absolute Gasteiger partial charge is 0.246 e. The first-order chi connectivity index (χ1) is 6.16. The maximum atomic E-state index is 5.10. The van der Waals surface area contributed by atoms with Crippen LogP contribution < -0.4 is 0 Å². The van der Waals surface area contributed by atoms with Gasteiger partial charge in [0.2, 0.25) is 0 Å². The number of nitrogens with zero attached hydrogens (tertiary/aromatic N) is 1. The Morgan fingerprint density at radius 3 is 2.54 bits per heavy atom. The second-order valence-electron chi connectivity index (χ2n) is 2.64. The second-order valence-corrected chi connectivity index (χ2v) is 6.76. The Balaban J connectivity index is 2.57. The number of rotatable bonds is 1. The van der Waals surface area contributed by atoms with Gasteiger partial charge >= 0.3 is 0 Å². The van der Waals surface area contributed by atoms with E-state index in [0.29, 0.717) is 0 Å². The van der Waals surface area contributed by atoms with Crippen LogP contribution in [0.15, 0.2) is 6.07 Å². The first kappa shape index (κ1) is 9.45. The molecule has 0 spiro atoms. The van der Waals surface area contributed by atoms with Gasteiger partial charge < -0.3 is 0 Å². The van der Waals surface area contributed by atoms with Crippen LogP contribution in [-0.4, -0.2) is 4.98 Å². The Labute approximate surface area is 93.1 Å². The molecule has 13 heavy (non-hydrogen) atoms. The normalized spacial score (nSPS) is 10.6. The van der Waals surface area contributed by atoms with Crippen LogP contribution in [0.2, 0.25) is 0 Å². The maximum absolute atomic E-state index is 5.10. The van der Waals surface area contributed by atoms with Crippen molar-refractivity contribution in [2.45, 2.75) is 13.8 Å². The molecule has 1 nitrogen and oxygen atoms in total. The van der Waals surface area contributed by atoms with Crippen LogP contribution in [0.1, 0.15) is 10.7 Å². The molecule has 0 atom stereocenters. The highest BCUT2D eigenvalue weighted by atomic mass is 32.9. The van der Waals surface area contributed by atoms with Gasteiger partial charge in [-0.1, -0.05) is 32.9 Å². The molecule has 68 valence electrons. The van der Waals surface area contributed by atoms with E-state index < -0.39 is 0 Å². The zero-order valence-electron chi connectivity index (χ0n) is 7.16. The fourth-order valence-electron chi connectivity index (χ4n) is 1.10.